The van der Waals surface area contributed by atoms with Crippen molar-refractivity contribution in [3.8, 4) is 0 Å². The van der Waals surface area contributed by atoms with Crippen molar-refractivity contribution in [3.05, 3.63) is 51.5 Å². The Morgan fingerprint density at radius 1 is 1.20 bits per heavy atom. The fourth-order valence-electron chi connectivity index (χ4n) is 1.59. The molecule has 0 spiro atoms. The molecule has 1 heterocycles. The molecule has 108 valence electrons. The van der Waals surface area contributed by atoms with E-state index in [1.807, 2.05) is 0 Å². The molecule has 0 saturated heterocycles. The van der Waals surface area contributed by atoms with E-state index < -0.39 is 28.9 Å². The van der Waals surface area contributed by atoms with Crippen LogP contribution in [0.4, 0.5) is 22.0 Å². The summed E-state index contributed by atoms with van der Waals surface area (Å²) in [4.78, 5) is 3.40. The highest BCUT2D eigenvalue weighted by Crippen LogP contribution is 2.35. The number of aromatic nitrogens is 1. The number of alkyl halides is 3. The maximum absolute atomic E-state index is 13.2. The zero-order chi connectivity index (χ0) is 14.9. The zero-order valence-electron chi connectivity index (χ0n) is 9.71. The third-order valence-electron chi connectivity index (χ3n) is 2.49. The predicted octanol–water partition coefficient (Wildman–Crippen LogP) is 2.99. The Hall–Kier alpha value is -1.58. The molecule has 1 aromatic heterocycles. The second-order valence-corrected chi connectivity index (χ2v) is 4.90. The first-order valence-electron chi connectivity index (χ1n) is 5.27. The van der Waals surface area contributed by atoms with Gasteiger partial charge in [0.1, 0.15) is 0 Å². The maximum atomic E-state index is 13.2. The quantitative estimate of drug-likeness (QED) is 0.520. The summed E-state index contributed by atoms with van der Waals surface area (Å²) >= 11 is 0.383. The normalized spacial score (nSPS) is 13.5. The van der Waals surface area contributed by atoms with Gasteiger partial charge in [0.15, 0.2) is 16.6 Å². The van der Waals surface area contributed by atoms with Crippen molar-refractivity contribution in [3.63, 3.8) is 0 Å². The monoisotopic (exact) mass is 309 g/mol. The van der Waals surface area contributed by atoms with E-state index in [2.05, 4.69) is 10.4 Å². The molecule has 20 heavy (non-hydrogen) atoms. The predicted molar refractivity (Wildman–Crippen MR) is 62.6 cm³/mol. The van der Waals surface area contributed by atoms with Gasteiger partial charge in [0.25, 0.3) is 0 Å². The van der Waals surface area contributed by atoms with E-state index in [9.17, 15) is 22.0 Å². The van der Waals surface area contributed by atoms with Crippen LogP contribution >= 0.6 is 11.3 Å². The number of halogens is 5. The van der Waals surface area contributed by atoms with Gasteiger partial charge in [0, 0.05) is 11.1 Å². The summed E-state index contributed by atoms with van der Waals surface area (Å²) in [5.41, 5.74) is 2.46. The van der Waals surface area contributed by atoms with Crippen molar-refractivity contribution in [1.29, 1.82) is 0 Å². The van der Waals surface area contributed by atoms with E-state index in [4.69, 9.17) is 5.84 Å². The Morgan fingerprint density at radius 2 is 1.90 bits per heavy atom. The summed E-state index contributed by atoms with van der Waals surface area (Å²) in [6.45, 7) is 0. The molecule has 9 heteroatoms. The minimum atomic E-state index is -4.56. The lowest BCUT2D eigenvalue weighted by molar-refractivity contribution is -0.137. The van der Waals surface area contributed by atoms with Crippen molar-refractivity contribution in [2.45, 2.75) is 12.2 Å². The van der Waals surface area contributed by atoms with E-state index in [0.29, 0.717) is 11.3 Å². The van der Waals surface area contributed by atoms with Crippen LogP contribution in [0.1, 0.15) is 21.5 Å². The standard InChI is InChI=1S/C11H8F5N3S/c12-6-2-1-5(3-7(6)13)9(19-17)8-4-18-10(20-8)11(14,15)16/h1-4,9,19H,17H2. The molecule has 0 bridgehead atoms. The summed E-state index contributed by atoms with van der Waals surface area (Å²) < 4.78 is 63.4. The highest BCUT2D eigenvalue weighted by Gasteiger charge is 2.35. The van der Waals surface area contributed by atoms with Crippen molar-refractivity contribution >= 4 is 11.3 Å². The molecule has 2 aromatic rings. The van der Waals surface area contributed by atoms with Crippen LogP contribution in [0.2, 0.25) is 0 Å². The van der Waals surface area contributed by atoms with Gasteiger partial charge >= 0.3 is 6.18 Å². The summed E-state index contributed by atoms with van der Waals surface area (Å²) in [5.74, 6) is 3.12. The fourth-order valence-corrected chi connectivity index (χ4v) is 2.46. The van der Waals surface area contributed by atoms with Gasteiger partial charge in [-0.3, -0.25) is 5.84 Å². The van der Waals surface area contributed by atoms with Crippen molar-refractivity contribution in [1.82, 2.24) is 10.4 Å². The smallest absolute Gasteiger partial charge is 0.271 e. The number of rotatable bonds is 3. The molecule has 0 aliphatic carbocycles. The number of nitrogens with two attached hydrogens (primary N) is 1. The van der Waals surface area contributed by atoms with Crippen molar-refractivity contribution in [2.24, 2.45) is 5.84 Å². The molecule has 1 unspecified atom stereocenters. The third-order valence-corrected chi connectivity index (χ3v) is 3.60. The number of nitrogens with one attached hydrogen (secondary N) is 1. The zero-order valence-corrected chi connectivity index (χ0v) is 10.5. The summed E-state index contributed by atoms with van der Waals surface area (Å²) in [5, 5.41) is -1.03. The summed E-state index contributed by atoms with van der Waals surface area (Å²) in [6.07, 6.45) is -3.56. The van der Waals surface area contributed by atoms with Gasteiger partial charge in [0.2, 0.25) is 0 Å². The molecular weight excluding hydrogens is 301 g/mol. The first kappa shape index (κ1) is 14.8. The lowest BCUT2D eigenvalue weighted by Crippen LogP contribution is -2.28. The van der Waals surface area contributed by atoms with E-state index in [0.717, 1.165) is 18.3 Å². The lowest BCUT2D eigenvalue weighted by Gasteiger charge is -2.14. The number of hydrogen-bond acceptors (Lipinski definition) is 4. The van der Waals surface area contributed by atoms with E-state index in [-0.39, 0.29) is 10.4 Å². The van der Waals surface area contributed by atoms with Gasteiger partial charge in [-0.15, -0.1) is 11.3 Å². The average molecular weight is 309 g/mol. The Balaban J connectivity index is 2.37. The largest absolute Gasteiger partial charge is 0.443 e. The van der Waals surface area contributed by atoms with Crippen LogP contribution in [0, 0.1) is 11.6 Å². The van der Waals surface area contributed by atoms with Crippen LogP contribution in [0.25, 0.3) is 0 Å². The number of benzene rings is 1. The molecule has 1 atom stereocenters. The van der Waals surface area contributed by atoms with Gasteiger partial charge in [-0.2, -0.15) is 13.2 Å². The summed E-state index contributed by atoms with van der Waals surface area (Å²) in [7, 11) is 0. The van der Waals surface area contributed by atoms with Crippen LogP contribution in [0.3, 0.4) is 0 Å². The first-order valence-corrected chi connectivity index (χ1v) is 6.08. The molecule has 1 aromatic carbocycles. The maximum Gasteiger partial charge on any atom is 0.443 e. The number of hydrazine groups is 1. The Morgan fingerprint density at radius 3 is 2.40 bits per heavy atom. The van der Waals surface area contributed by atoms with Crippen LogP contribution in [-0.2, 0) is 6.18 Å². The average Bonchev–Trinajstić information content (AvgIpc) is 2.84. The molecule has 0 aliphatic heterocycles. The van der Waals surface area contributed by atoms with Crippen LogP contribution in [0.15, 0.2) is 24.4 Å². The molecule has 0 fully saturated rings. The Bertz CT molecular complexity index is 610. The third kappa shape index (κ3) is 2.94. The van der Waals surface area contributed by atoms with Crippen LogP contribution < -0.4 is 11.3 Å². The van der Waals surface area contributed by atoms with Gasteiger partial charge in [-0.05, 0) is 17.7 Å². The minimum absolute atomic E-state index is 0.144. The molecule has 0 aliphatic rings. The SMILES string of the molecule is NNC(c1ccc(F)c(F)c1)c1cnc(C(F)(F)F)s1. The van der Waals surface area contributed by atoms with Crippen LogP contribution in [0.5, 0.6) is 0 Å². The molecule has 0 saturated carbocycles. The molecule has 0 radical (unpaired) electrons. The minimum Gasteiger partial charge on any atom is -0.271 e. The second kappa shape index (κ2) is 5.43. The first-order chi connectivity index (χ1) is 9.32. The highest BCUT2D eigenvalue weighted by atomic mass is 32.1. The van der Waals surface area contributed by atoms with Crippen LogP contribution in [-0.4, -0.2) is 4.98 Å². The molecular formula is C11H8F5N3S. The van der Waals surface area contributed by atoms with Crippen molar-refractivity contribution < 1.29 is 22.0 Å². The molecule has 2 rings (SSSR count). The fraction of sp³-hybridized carbons (Fsp3) is 0.182. The van der Waals surface area contributed by atoms with Crippen molar-refractivity contribution in [2.75, 3.05) is 0 Å². The van der Waals surface area contributed by atoms with Gasteiger partial charge in [-0.1, -0.05) is 6.07 Å². The highest BCUT2D eigenvalue weighted by molar-refractivity contribution is 7.11. The number of nitrogens with zero attached hydrogens (tertiary/aromatic N) is 1. The topological polar surface area (TPSA) is 50.9 Å². The number of hydrogen-bond donors (Lipinski definition) is 2. The molecule has 0 amide bonds. The Labute approximate surface area is 114 Å². The van der Waals surface area contributed by atoms with E-state index in [1.54, 1.807) is 0 Å². The summed E-state index contributed by atoms with van der Waals surface area (Å²) in [6, 6.07) is 2.07. The molecule has 3 nitrogen and oxygen atoms in total. The van der Waals surface area contributed by atoms with Gasteiger partial charge < -0.3 is 0 Å². The van der Waals surface area contributed by atoms with Gasteiger partial charge in [0.05, 0.1) is 6.04 Å². The lowest BCUT2D eigenvalue weighted by atomic mass is 10.1. The van der Waals surface area contributed by atoms with E-state index in [1.165, 1.54) is 6.07 Å². The van der Waals surface area contributed by atoms with E-state index >= 15 is 0 Å². The van der Waals surface area contributed by atoms with Gasteiger partial charge in [-0.25, -0.2) is 19.2 Å². The Kier molecular flexibility index (Phi) is 4.02. The second-order valence-electron chi connectivity index (χ2n) is 3.84. The molecule has 3 N–H and O–H groups in total. The number of thiazole rings is 1.